The van der Waals surface area contributed by atoms with Gasteiger partial charge in [-0.15, -0.1) is 0 Å². The fourth-order valence-corrected chi connectivity index (χ4v) is 4.20. The van der Waals surface area contributed by atoms with Gasteiger partial charge >= 0.3 is 12.1 Å². The molecule has 2 aromatic carbocycles. The predicted molar refractivity (Wildman–Crippen MR) is 126 cm³/mol. The van der Waals surface area contributed by atoms with Crippen LogP contribution in [0.5, 0.6) is 0 Å². The Hall–Kier alpha value is -3.35. The highest BCUT2D eigenvalue weighted by molar-refractivity contribution is 5.83. The highest BCUT2D eigenvalue weighted by Gasteiger charge is 2.29. The standard InChI is InChI=1S/C26H32N2O5/c1-3-8-23(25(30)31)28-24(29)14-13-17(2)15-27-26(32)33-16-22-20-11-6-4-9-18(20)19-10-5-7-12-21(19)22/h4-7,9-12,17,22-23H,3,8,13-16H2,1-2H3,(H,27,32)(H,28,29)(H,30,31)/t17?,23-/m1/s1. The molecule has 176 valence electrons. The first-order chi connectivity index (χ1) is 15.9. The van der Waals surface area contributed by atoms with Gasteiger partial charge in [0, 0.05) is 18.9 Å². The van der Waals surface area contributed by atoms with E-state index in [4.69, 9.17) is 9.84 Å². The minimum Gasteiger partial charge on any atom is -0.480 e. The minimum atomic E-state index is -1.02. The summed E-state index contributed by atoms with van der Waals surface area (Å²) in [6.45, 7) is 4.43. The van der Waals surface area contributed by atoms with Crippen molar-refractivity contribution in [1.82, 2.24) is 10.6 Å². The van der Waals surface area contributed by atoms with Gasteiger partial charge in [-0.3, -0.25) is 4.79 Å². The Bertz CT molecular complexity index is 945. The Morgan fingerprint density at radius 2 is 1.61 bits per heavy atom. The Morgan fingerprint density at radius 1 is 1.00 bits per heavy atom. The summed E-state index contributed by atoms with van der Waals surface area (Å²) >= 11 is 0. The molecule has 0 aliphatic heterocycles. The average Bonchev–Trinajstić information content (AvgIpc) is 3.13. The van der Waals surface area contributed by atoms with Crippen molar-refractivity contribution in [2.75, 3.05) is 13.2 Å². The summed E-state index contributed by atoms with van der Waals surface area (Å²) in [7, 11) is 0. The first-order valence-corrected chi connectivity index (χ1v) is 11.5. The lowest BCUT2D eigenvalue weighted by molar-refractivity contribution is -0.142. The van der Waals surface area contributed by atoms with Crippen molar-refractivity contribution in [3.63, 3.8) is 0 Å². The van der Waals surface area contributed by atoms with Gasteiger partial charge in [-0.05, 0) is 41.0 Å². The summed E-state index contributed by atoms with van der Waals surface area (Å²) in [4.78, 5) is 35.5. The number of benzene rings is 2. The van der Waals surface area contributed by atoms with Gasteiger partial charge in [0.25, 0.3) is 0 Å². The van der Waals surface area contributed by atoms with Crippen molar-refractivity contribution in [3.8, 4) is 11.1 Å². The molecule has 1 unspecified atom stereocenters. The fraction of sp³-hybridized carbons (Fsp3) is 0.423. The van der Waals surface area contributed by atoms with E-state index in [9.17, 15) is 14.4 Å². The highest BCUT2D eigenvalue weighted by Crippen LogP contribution is 2.44. The summed E-state index contributed by atoms with van der Waals surface area (Å²) in [5.41, 5.74) is 4.68. The SMILES string of the molecule is CCC[C@@H](NC(=O)CCC(C)CNC(=O)OCC1c2ccccc2-c2ccccc21)C(=O)O. The lowest BCUT2D eigenvalue weighted by Gasteiger charge is -2.17. The molecule has 0 spiro atoms. The van der Waals surface area contributed by atoms with Gasteiger partial charge in [0.2, 0.25) is 5.91 Å². The van der Waals surface area contributed by atoms with Gasteiger partial charge in [-0.1, -0.05) is 68.8 Å². The maximum absolute atomic E-state index is 12.3. The number of amides is 2. The monoisotopic (exact) mass is 452 g/mol. The van der Waals surface area contributed by atoms with Crippen LogP contribution >= 0.6 is 0 Å². The maximum atomic E-state index is 12.3. The van der Waals surface area contributed by atoms with E-state index >= 15 is 0 Å². The zero-order chi connectivity index (χ0) is 23.8. The van der Waals surface area contributed by atoms with Crippen LogP contribution in [0.2, 0.25) is 0 Å². The van der Waals surface area contributed by atoms with E-state index in [1.807, 2.05) is 38.1 Å². The Labute approximate surface area is 194 Å². The molecule has 7 nitrogen and oxygen atoms in total. The lowest BCUT2D eigenvalue weighted by atomic mass is 9.98. The van der Waals surface area contributed by atoms with Crippen LogP contribution in [0.15, 0.2) is 48.5 Å². The van der Waals surface area contributed by atoms with E-state index in [1.54, 1.807) is 0 Å². The molecule has 0 radical (unpaired) electrons. The number of alkyl carbamates (subject to hydrolysis) is 1. The summed E-state index contributed by atoms with van der Waals surface area (Å²) < 4.78 is 5.53. The van der Waals surface area contributed by atoms with Crippen LogP contribution in [0.1, 0.15) is 56.6 Å². The molecule has 2 amide bonds. The first kappa shape index (κ1) is 24.3. The second-order valence-electron chi connectivity index (χ2n) is 8.60. The van der Waals surface area contributed by atoms with Crippen LogP contribution in [0.4, 0.5) is 4.79 Å². The second kappa shape index (κ2) is 11.5. The normalized spacial score (nSPS) is 14.0. The van der Waals surface area contributed by atoms with Crippen LogP contribution in [-0.4, -0.2) is 42.3 Å². The number of carboxylic acid groups (broad SMARTS) is 1. The summed E-state index contributed by atoms with van der Waals surface area (Å²) in [5.74, 6) is -1.25. The zero-order valence-electron chi connectivity index (χ0n) is 19.2. The number of aliphatic carboxylic acids is 1. The van der Waals surface area contributed by atoms with Gasteiger partial charge < -0.3 is 20.5 Å². The highest BCUT2D eigenvalue weighted by atomic mass is 16.5. The van der Waals surface area contributed by atoms with Crippen LogP contribution < -0.4 is 10.6 Å². The number of ether oxygens (including phenoxy) is 1. The van der Waals surface area contributed by atoms with Gasteiger partial charge in [-0.25, -0.2) is 9.59 Å². The van der Waals surface area contributed by atoms with Crippen molar-refractivity contribution < 1.29 is 24.2 Å². The second-order valence-corrected chi connectivity index (χ2v) is 8.60. The van der Waals surface area contributed by atoms with E-state index < -0.39 is 18.1 Å². The quantitative estimate of drug-likeness (QED) is 0.471. The molecule has 3 N–H and O–H groups in total. The number of carboxylic acids is 1. The topological polar surface area (TPSA) is 105 Å². The van der Waals surface area contributed by atoms with Crippen molar-refractivity contribution in [2.24, 2.45) is 5.92 Å². The molecular weight excluding hydrogens is 420 g/mol. The predicted octanol–water partition coefficient (Wildman–Crippen LogP) is 4.31. The van der Waals surface area contributed by atoms with Crippen LogP contribution in [-0.2, 0) is 14.3 Å². The van der Waals surface area contributed by atoms with Gasteiger partial charge in [0.1, 0.15) is 12.6 Å². The molecule has 2 aromatic rings. The smallest absolute Gasteiger partial charge is 0.407 e. The molecule has 0 saturated carbocycles. The fourth-order valence-electron chi connectivity index (χ4n) is 4.20. The lowest BCUT2D eigenvalue weighted by Crippen LogP contribution is -2.40. The van der Waals surface area contributed by atoms with Crippen LogP contribution in [0.3, 0.4) is 0 Å². The van der Waals surface area contributed by atoms with E-state index in [-0.39, 0.29) is 30.8 Å². The number of rotatable bonds is 11. The molecule has 0 fully saturated rings. The van der Waals surface area contributed by atoms with Crippen molar-refractivity contribution >= 4 is 18.0 Å². The Morgan fingerprint density at radius 3 is 2.18 bits per heavy atom. The molecule has 1 aliphatic rings. The van der Waals surface area contributed by atoms with E-state index in [2.05, 4.69) is 34.9 Å². The van der Waals surface area contributed by atoms with Gasteiger partial charge in [0.05, 0.1) is 0 Å². The van der Waals surface area contributed by atoms with E-state index in [0.717, 1.165) is 11.1 Å². The molecule has 33 heavy (non-hydrogen) atoms. The summed E-state index contributed by atoms with van der Waals surface area (Å²) in [6, 6.07) is 15.5. The first-order valence-electron chi connectivity index (χ1n) is 11.5. The number of hydrogen-bond donors (Lipinski definition) is 3. The summed E-state index contributed by atoms with van der Waals surface area (Å²) in [5, 5.41) is 14.5. The average molecular weight is 453 g/mol. The minimum absolute atomic E-state index is 0.00886. The number of nitrogens with one attached hydrogen (secondary N) is 2. The van der Waals surface area contributed by atoms with Crippen molar-refractivity contribution in [2.45, 2.75) is 51.5 Å². The van der Waals surface area contributed by atoms with Crippen LogP contribution in [0, 0.1) is 5.92 Å². The number of carbonyl (C=O) groups is 3. The molecule has 0 heterocycles. The van der Waals surface area contributed by atoms with Crippen molar-refractivity contribution in [3.05, 3.63) is 59.7 Å². The molecule has 0 saturated heterocycles. The molecule has 1 aliphatic carbocycles. The van der Waals surface area contributed by atoms with Crippen LogP contribution in [0.25, 0.3) is 11.1 Å². The Balaban J connectivity index is 1.42. The largest absolute Gasteiger partial charge is 0.480 e. The third-order valence-electron chi connectivity index (χ3n) is 6.01. The molecule has 0 aromatic heterocycles. The molecule has 0 bridgehead atoms. The van der Waals surface area contributed by atoms with Crippen molar-refractivity contribution in [1.29, 1.82) is 0 Å². The third-order valence-corrected chi connectivity index (χ3v) is 6.01. The molecule has 3 rings (SSSR count). The van der Waals surface area contributed by atoms with Gasteiger partial charge in [0.15, 0.2) is 0 Å². The number of fused-ring (bicyclic) bond motifs is 3. The van der Waals surface area contributed by atoms with E-state index in [1.165, 1.54) is 11.1 Å². The summed E-state index contributed by atoms with van der Waals surface area (Å²) in [6.07, 6.45) is 1.34. The van der Waals surface area contributed by atoms with Gasteiger partial charge in [-0.2, -0.15) is 0 Å². The molecular formula is C26H32N2O5. The number of carbonyl (C=O) groups excluding carboxylic acids is 2. The van der Waals surface area contributed by atoms with E-state index in [0.29, 0.717) is 25.8 Å². The molecule has 7 heteroatoms. The Kier molecular flexibility index (Phi) is 8.46. The molecule has 2 atom stereocenters. The zero-order valence-corrected chi connectivity index (χ0v) is 19.2. The third kappa shape index (κ3) is 6.34. The maximum Gasteiger partial charge on any atom is 0.407 e. The number of hydrogen-bond acceptors (Lipinski definition) is 4.